The highest BCUT2D eigenvalue weighted by molar-refractivity contribution is 5.90. The van der Waals surface area contributed by atoms with Crippen LogP contribution in [0.15, 0.2) is 54.7 Å². The first-order chi connectivity index (χ1) is 12.6. The molecule has 0 aliphatic rings. The van der Waals surface area contributed by atoms with E-state index in [1.807, 2.05) is 50.2 Å². The highest BCUT2D eigenvalue weighted by atomic mass is 16.5. The molecule has 0 aliphatic heterocycles. The number of hydrogen-bond acceptors (Lipinski definition) is 5. The smallest absolute Gasteiger partial charge is 0.249 e. The van der Waals surface area contributed by atoms with Gasteiger partial charge in [0.1, 0.15) is 5.52 Å². The zero-order chi connectivity index (χ0) is 18.1. The van der Waals surface area contributed by atoms with Gasteiger partial charge in [-0.2, -0.15) is 9.50 Å². The Kier molecular flexibility index (Phi) is 3.96. The zero-order valence-corrected chi connectivity index (χ0v) is 14.4. The Hall–Kier alpha value is -3.48. The van der Waals surface area contributed by atoms with Crippen molar-refractivity contribution in [3.05, 3.63) is 54.7 Å². The monoisotopic (exact) mass is 347 g/mol. The van der Waals surface area contributed by atoms with Crippen molar-refractivity contribution in [1.29, 1.82) is 0 Å². The normalized spacial score (nSPS) is 11.2. The molecule has 0 bridgehead atoms. The summed E-state index contributed by atoms with van der Waals surface area (Å²) in [5.74, 6) is 1.06. The molecule has 1 aromatic carbocycles. The van der Waals surface area contributed by atoms with Crippen molar-refractivity contribution in [2.24, 2.45) is 5.92 Å². The van der Waals surface area contributed by atoms with E-state index in [9.17, 15) is 4.79 Å². The minimum atomic E-state index is -0.154. The van der Waals surface area contributed by atoms with Gasteiger partial charge in [0.05, 0.1) is 0 Å². The number of pyridine rings is 2. The second-order valence-electron chi connectivity index (χ2n) is 6.15. The second-order valence-corrected chi connectivity index (χ2v) is 6.15. The van der Waals surface area contributed by atoms with E-state index in [2.05, 4.69) is 20.4 Å². The van der Waals surface area contributed by atoms with E-state index in [0.717, 1.165) is 10.9 Å². The SMILES string of the molecule is CC(C)C(=O)Nc1nc2cccc(Oc3cccc4cccnc34)n2n1. The summed E-state index contributed by atoms with van der Waals surface area (Å²) in [6, 6.07) is 15.0. The molecule has 0 radical (unpaired) electrons. The van der Waals surface area contributed by atoms with Crippen molar-refractivity contribution in [2.45, 2.75) is 13.8 Å². The highest BCUT2D eigenvalue weighted by Gasteiger charge is 2.14. The lowest BCUT2D eigenvalue weighted by Crippen LogP contribution is -2.18. The Balaban J connectivity index is 1.72. The molecule has 0 aliphatic carbocycles. The molecule has 26 heavy (non-hydrogen) atoms. The van der Waals surface area contributed by atoms with E-state index >= 15 is 0 Å². The third kappa shape index (κ3) is 2.95. The molecule has 0 unspecified atom stereocenters. The number of nitrogens with one attached hydrogen (secondary N) is 1. The number of fused-ring (bicyclic) bond motifs is 2. The molecule has 4 rings (SSSR count). The third-order valence-electron chi connectivity index (χ3n) is 3.89. The number of carbonyl (C=O) groups excluding carboxylic acids is 1. The topological polar surface area (TPSA) is 81.4 Å². The van der Waals surface area contributed by atoms with E-state index in [-0.39, 0.29) is 17.8 Å². The van der Waals surface area contributed by atoms with Crippen LogP contribution in [0.25, 0.3) is 16.6 Å². The Labute approximate surface area is 149 Å². The number of rotatable bonds is 4. The van der Waals surface area contributed by atoms with Crippen LogP contribution < -0.4 is 10.1 Å². The van der Waals surface area contributed by atoms with E-state index in [1.165, 1.54) is 0 Å². The minimum Gasteiger partial charge on any atom is -0.437 e. The number of hydrogen-bond donors (Lipinski definition) is 1. The maximum absolute atomic E-state index is 11.9. The van der Waals surface area contributed by atoms with Crippen molar-refractivity contribution in [1.82, 2.24) is 19.6 Å². The fraction of sp³-hybridized carbons (Fsp3) is 0.158. The third-order valence-corrected chi connectivity index (χ3v) is 3.89. The van der Waals surface area contributed by atoms with Gasteiger partial charge in [0, 0.05) is 23.6 Å². The largest absolute Gasteiger partial charge is 0.437 e. The Bertz CT molecular complexity index is 1100. The highest BCUT2D eigenvalue weighted by Crippen LogP contribution is 2.28. The summed E-state index contributed by atoms with van der Waals surface area (Å²) < 4.78 is 7.61. The quantitative estimate of drug-likeness (QED) is 0.609. The summed E-state index contributed by atoms with van der Waals surface area (Å²) in [4.78, 5) is 20.6. The van der Waals surface area contributed by atoms with Crippen LogP contribution in [0.5, 0.6) is 11.6 Å². The maximum atomic E-state index is 11.9. The van der Waals surface area contributed by atoms with Crippen molar-refractivity contribution in [3.63, 3.8) is 0 Å². The van der Waals surface area contributed by atoms with Gasteiger partial charge in [-0.15, -0.1) is 5.10 Å². The number of amides is 1. The molecule has 1 amide bonds. The van der Waals surface area contributed by atoms with Crippen LogP contribution in [-0.2, 0) is 4.79 Å². The number of aromatic nitrogens is 4. The van der Waals surface area contributed by atoms with Gasteiger partial charge in [0.25, 0.3) is 0 Å². The number of ether oxygens (including phenoxy) is 1. The average Bonchev–Trinajstić information content (AvgIpc) is 3.05. The molecule has 4 aromatic rings. The molecule has 0 saturated carbocycles. The number of nitrogens with zero attached hydrogens (tertiary/aromatic N) is 4. The molecule has 3 heterocycles. The van der Waals surface area contributed by atoms with Gasteiger partial charge in [0.15, 0.2) is 11.4 Å². The van der Waals surface area contributed by atoms with Crippen LogP contribution in [0.2, 0.25) is 0 Å². The number of anilines is 1. The summed E-state index contributed by atoms with van der Waals surface area (Å²) in [6.07, 6.45) is 1.73. The molecule has 0 saturated heterocycles. The lowest BCUT2D eigenvalue weighted by Gasteiger charge is -2.08. The van der Waals surface area contributed by atoms with Gasteiger partial charge in [-0.05, 0) is 18.2 Å². The first kappa shape index (κ1) is 16.0. The Morgan fingerprint density at radius 2 is 1.92 bits per heavy atom. The van der Waals surface area contributed by atoms with Crippen molar-refractivity contribution < 1.29 is 9.53 Å². The lowest BCUT2D eigenvalue weighted by atomic mass is 10.2. The van der Waals surface area contributed by atoms with Crippen LogP contribution in [0, 0.1) is 5.92 Å². The summed E-state index contributed by atoms with van der Waals surface area (Å²) in [5, 5.41) is 8.03. The first-order valence-corrected chi connectivity index (χ1v) is 8.30. The molecule has 0 spiro atoms. The van der Waals surface area contributed by atoms with Crippen LogP contribution in [0.1, 0.15) is 13.8 Å². The molecule has 7 heteroatoms. The zero-order valence-electron chi connectivity index (χ0n) is 14.4. The molecule has 130 valence electrons. The summed E-state index contributed by atoms with van der Waals surface area (Å²) in [6.45, 7) is 3.63. The fourth-order valence-corrected chi connectivity index (χ4v) is 2.54. The van der Waals surface area contributed by atoms with Crippen LogP contribution in [0.3, 0.4) is 0 Å². The molecule has 1 N–H and O–H groups in total. The van der Waals surface area contributed by atoms with Gasteiger partial charge in [-0.3, -0.25) is 15.1 Å². The molecule has 7 nitrogen and oxygen atoms in total. The molecule has 3 aromatic heterocycles. The molecular formula is C19H17N5O2. The predicted octanol–water partition coefficient (Wildman–Crippen LogP) is 3.66. The standard InChI is InChI=1S/C19H17N5O2/c1-12(2)18(25)22-19-21-15-9-4-10-16(24(15)23-19)26-14-8-3-6-13-7-5-11-20-17(13)14/h3-12H,1-2H3,(H,22,23,25). The molecule has 0 atom stereocenters. The maximum Gasteiger partial charge on any atom is 0.249 e. The number of carbonyl (C=O) groups is 1. The van der Waals surface area contributed by atoms with Gasteiger partial charge >= 0.3 is 0 Å². The van der Waals surface area contributed by atoms with Gasteiger partial charge in [0.2, 0.25) is 17.7 Å². The fourth-order valence-electron chi connectivity index (χ4n) is 2.54. The number of para-hydroxylation sites is 1. The van der Waals surface area contributed by atoms with E-state index in [1.54, 1.807) is 22.8 Å². The first-order valence-electron chi connectivity index (χ1n) is 8.30. The minimum absolute atomic E-state index is 0.137. The summed E-state index contributed by atoms with van der Waals surface area (Å²) in [7, 11) is 0. The number of benzene rings is 1. The van der Waals surface area contributed by atoms with E-state index in [4.69, 9.17) is 4.74 Å². The van der Waals surface area contributed by atoms with Crippen molar-refractivity contribution in [3.8, 4) is 11.6 Å². The van der Waals surface area contributed by atoms with Gasteiger partial charge in [-0.25, -0.2) is 0 Å². The Morgan fingerprint density at radius 3 is 2.77 bits per heavy atom. The summed E-state index contributed by atoms with van der Waals surface area (Å²) >= 11 is 0. The lowest BCUT2D eigenvalue weighted by molar-refractivity contribution is -0.118. The predicted molar refractivity (Wildman–Crippen MR) is 98.3 cm³/mol. The average molecular weight is 347 g/mol. The van der Waals surface area contributed by atoms with Gasteiger partial charge < -0.3 is 4.74 Å². The van der Waals surface area contributed by atoms with Gasteiger partial charge in [-0.1, -0.05) is 38.1 Å². The van der Waals surface area contributed by atoms with Crippen LogP contribution >= 0.6 is 0 Å². The van der Waals surface area contributed by atoms with Crippen molar-refractivity contribution in [2.75, 3.05) is 5.32 Å². The summed E-state index contributed by atoms with van der Waals surface area (Å²) in [5.41, 5.74) is 1.34. The van der Waals surface area contributed by atoms with Crippen LogP contribution in [-0.4, -0.2) is 25.5 Å². The molecule has 0 fully saturated rings. The van der Waals surface area contributed by atoms with Crippen LogP contribution in [0.4, 0.5) is 5.95 Å². The molecular weight excluding hydrogens is 330 g/mol. The van der Waals surface area contributed by atoms with Crippen molar-refractivity contribution >= 4 is 28.4 Å². The van der Waals surface area contributed by atoms with E-state index < -0.39 is 0 Å². The Morgan fingerprint density at radius 1 is 1.12 bits per heavy atom. The van der Waals surface area contributed by atoms with E-state index in [0.29, 0.717) is 17.3 Å². The second kappa shape index (κ2) is 6.44.